The van der Waals surface area contributed by atoms with Crippen molar-refractivity contribution in [1.82, 2.24) is 24.9 Å². The third kappa shape index (κ3) is 4.24. The number of halogens is 2. The largest absolute Gasteiger partial charge is 0.506 e. The highest BCUT2D eigenvalue weighted by molar-refractivity contribution is 5.79. The predicted molar refractivity (Wildman–Crippen MR) is 114 cm³/mol. The van der Waals surface area contributed by atoms with Gasteiger partial charge in [-0.3, -0.25) is 14.7 Å². The minimum atomic E-state index is -0.662. The van der Waals surface area contributed by atoms with Crippen molar-refractivity contribution in [2.75, 3.05) is 0 Å². The predicted octanol–water partition coefficient (Wildman–Crippen LogP) is 3.15. The number of hydrogen-bond donors (Lipinski definition) is 2. The Morgan fingerprint density at radius 2 is 2.03 bits per heavy atom. The van der Waals surface area contributed by atoms with E-state index in [-0.39, 0.29) is 47.7 Å². The molecule has 1 aromatic carbocycles. The second kappa shape index (κ2) is 8.65. The average Bonchev–Trinajstić information content (AvgIpc) is 3.42. The number of aromatic nitrogens is 5. The zero-order chi connectivity index (χ0) is 23.8. The molecular formula is C23H19F2N5O4. The summed E-state index contributed by atoms with van der Waals surface area (Å²) in [4.78, 5) is 33.5. The van der Waals surface area contributed by atoms with E-state index >= 15 is 0 Å². The topological polar surface area (TPSA) is 127 Å². The fourth-order valence-electron chi connectivity index (χ4n) is 4.24. The Hall–Kier alpha value is -4.15. The van der Waals surface area contributed by atoms with E-state index < -0.39 is 11.6 Å². The fourth-order valence-corrected chi connectivity index (χ4v) is 4.24. The van der Waals surface area contributed by atoms with Crippen LogP contribution in [-0.2, 0) is 19.3 Å². The van der Waals surface area contributed by atoms with E-state index in [0.29, 0.717) is 41.8 Å². The summed E-state index contributed by atoms with van der Waals surface area (Å²) in [6.07, 6.45) is 2.64. The first-order valence-electron chi connectivity index (χ1n) is 10.7. The lowest BCUT2D eigenvalue weighted by molar-refractivity contribution is 0.0878. The summed E-state index contributed by atoms with van der Waals surface area (Å²) < 4.78 is 33.8. The molecular weight excluding hydrogens is 448 g/mol. The number of hydrogen-bond acceptors (Lipinski definition) is 7. The van der Waals surface area contributed by atoms with E-state index in [0.717, 1.165) is 6.07 Å². The number of fused-ring (bicyclic) bond motifs is 1. The van der Waals surface area contributed by atoms with Crippen LogP contribution in [0.3, 0.4) is 0 Å². The maximum absolute atomic E-state index is 13.7. The van der Waals surface area contributed by atoms with E-state index in [4.69, 9.17) is 4.52 Å². The fraction of sp³-hybridized carbons (Fsp3) is 0.261. The quantitative estimate of drug-likeness (QED) is 0.462. The van der Waals surface area contributed by atoms with E-state index in [9.17, 15) is 23.5 Å². The van der Waals surface area contributed by atoms with Gasteiger partial charge in [-0.05, 0) is 55.0 Å². The van der Waals surface area contributed by atoms with Crippen LogP contribution >= 0.6 is 0 Å². The first kappa shape index (κ1) is 21.7. The number of aromatic amines is 1. The molecule has 0 bridgehead atoms. The molecule has 0 saturated carbocycles. The molecule has 0 amide bonds. The van der Waals surface area contributed by atoms with Crippen molar-refractivity contribution >= 4 is 5.91 Å². The Morgan fingerprint density at radius 1 is 1.24 bits per heavy atom. The van der Waals surface area contributed by atoms with E-state index in [1.165, 1.54) is 35.1 Å². The molecule has 174 valence electrons. The van der Waals surface area contributed by atoms with Gasteiger partial charge in [-0.25, -0.2) is 18.4 Å². The minimum Gasteiger partial charge on any atom is -0.506 e. The number of aryl methyl sites for hydroxylation is 1. The van der Waals surface area contributed by atoms with Gasteiger partial charge in [0.15, 0.2) is 0 Å². The van der Waals surface area contributed by atoms with Gasteiger partial charge in [0.2, 0.25) is 17.6 Å². The van der Waals surface area contributed by atoms with E-state index in [1.54, 1.807) is 0 Å². The zero-order valence-electron chi connectivity index (χ0n) is 17.8. The molecule has 0 radical (unpaired) electrons. The summed E-state index contributed by atoms with van der Waals surface area (Å²) in [7, 11) is 0. The van der Waals surface area contributed by atoms with Crippen molar-refractivity contribution in [1.29, 1.82) is 0 Å². The molecule has 1 aliphatic rings. The molecule has 11 heteroatoms. The number of carbonyl (C=O) groups excluding carboxylic acids is 1. The molecule has 1 atom stereocenters. The highest BCUT2D eigenvalue weighted by Gasteiger charge is 2.28. The first-order chi connectivity index (χ1) is 16.4. The van der Waals surface area contributed by atoms with Crippen LogP contribution < -0.4 is 5.56 Å². The number of nitrogens with one attached hydrogen (secondary N) is 1. The maximum atomic E-state index is 13.7. The van der Waals surface area contributed by atoms with Crippen LogP contribution in [0.4, 0.5) is 8.78 Å². The molecule has 0 spiro atoms. The Kier molecular flexibility index (Phi) is 5.52. The Bertz CT molecular complexity index is 1400. The van der Waals surface area contributed by atoms with Crippen LogP contribution in [0.2, 0.25) is 0 Å². The van der Waals surface area contributed by atoms with Gasteiger partial charge < -0.3 is 9.63 Å². The van der Waals surface area contributed by atoms with Gasteiger partial charge in [-0.2, -0.15) is 4.98 Å². The van der Waals surface area contributed by atoms with Gasteiger partial charge in [0.1, 0.15) is 23.1 Å². The summed E-state index contributed by atoms with van der Waals surface area (Å²) in [6.45, 7) is 0. The van der Waals surface area contributed by atoms with Crippen molar-refractivity contribution in [3.05, 3.63) is 81.2 Å². The second-order valence-corrected chi connectivity index (χ2v) is 8.15. The number of aromatic hydroxyl groups is 1. The summed E-state index contributed by atoms with van der Waals surface area (Å²) in [5.74, 6) is -1.47. The smallest absolute Gasteiger partial charge is 0.267 e. The SMILES string of the molecule is O=C(CCc1nc(-c2ccc(O)cn2)no1)n1[nH]c(=O)c2c1CC(c1cc(F)cc(F)c1)CC2. The molecule has 3 heterocycles. The summed E-state index contributed by atoms with van der Waals surface area (Å²) in [6, 6.07) is 6.36. The highest BCUT2D eigenvalue weighted by Crippen LogP contribution is 2.32. The van der Waals surface area contributed by atoms with E-state index in [1.807, 2.05) is 0 Å². The zero-order valence-corrected chi connectivity index (χ0v) is 17.8. The molecule has 1 unspecified atom stereocenters. The van der Waals surface area contributed by atoms with Crippen LogP contribution in [0.25, 0.3) is 11.5 Å². The lowest BCUT2D eigenvalue weighted by Gasteiger charge is -2.23. The van der Waals surface area contributed by atoms with Crippen LogP contribution in [0.1, 0.15) is 46.3 Å². The average molecular weight is 467 g/mol. The molecule has 5 rings (SSSR count). The molecule has 34 heavy (non-hydrogen) atoms. The second-order valence-electron chi connectivity index (χ2n) is 8.15. The summed E-state index contributed by atoms with van der Waals surface area (Å²) in [5.41, 5.74) is 1.60. The van der Waals surface area contributed by atoms with Crippen LogP contribution in [0.5, 0.6) is 5.75 Å². The molecule has 0 aliphatic heterocycles. The summed E-state index contributed by atoms with van der Waals surface area (Å²) >= 11 is 0. The number of H-pyrrole nitrogens is 1. The maximum Gasteiger partial charge on any atom is 0.267 e. The molecule has 2 N–H and O–H groups in total. The standard InChI is InChI=1S/C23H19F2N5O4/c24-14-7-13(8-15(25)10-14)12-1-3-17-19(9-12)30(28-23(17)33)21(32)6-5-20-27-22(29-34-20)18-4-2-16(31)11-26-18/h2,4,7-8,10-12,31H,1,3,5-6,9H2,(H,28,33). The number of carbonyl (C=O) groups is 1. The summed E-state index contributed by atoms with van der Waals surface area (Å²) in [5, 5.41) is 15.7. The first-order valence-corrected chi connectivity index (χ1v) is 10.7. The molecule has 0 saturated heterocycles. The molecule has 1 aliphatic carbocycles. The molecule has 0 fully saturated rings. The third-order valence-corrected chi connectivity index (χ3v) is 5.89. The molecule has 3 aromatic heterocycles. The van der Waals surface area contributed by atoms with Gasteiger partial charge in [0.25, 0.3) is 5.56 Å². The Balaban J connectivity index is 1.31. The number of pyridine rings is 1. The molecule has 4 aromatic rings. The normalized spacial score (nSPS) is 15.3. The molecule has 9 nitrogen and oxygen atoms in total. The van der Waals surface area contributed by atoms with Crippen molar-refractivity contribution in [2.24, 2.45) is 0 Å². The minimum absolute atomic E-state index is 0.00637. The monoisotopic (exact) mass is 467 g/mol. The van der Waals surface area contributed by atoms with Gasteiger partial charge in [0, 0.05) is 24.5 Å². The Morgan fingerprint density at radius 3 is 2.76 bits per heavy atom. The van der Waals surface area contributed by atoms with Gasteiger partial charge in [-0.15, -0.1) is 0 Å². The van der Waals surface area contributed by atoms with E-state index in [2.05, 4.69) is 20.2 Å². The van der Waals surface area contributed by atoms with Gasteiger partial charge in [-0.1, -0.05) is 5.16 Å². The van der Waals surface area contributed by atoms with Crippen molar-refractivity contribution < 1.29 is 23.2 Å². The number of nitrogens with zero attached hydrogens (tertiary/aromatic N) is 4. The van der Waals surface area contributed by atoms with Crippen LogP contribution in [0.15, 0.2) is 45.8 Å². The lowest BCUT2D eigenvalue weighted by atomic mass is 9.83. The number of rotatable bonds is 5. The van der Waals surface area contributed by atoms with Crippen LogP contribution in [0, 0.1) is 11.6 Å². The van der Waals surface area contributed by atoms with Gasteiger partial charge in [0.05, 0.1) is 11.9 Å². The van der Waals surface area contributed by atoms with Crippen molar-refractivity contribution in [3.63, 3.8) is 0 Å². The third-order valence-electron chi connectivity index (χ3n) is 5.89. The highest BCUT2D eigenvalue weighted by atomic mass is 19.1. The Labute approximate surface area is 191 Å². The van der Waals surface area contributed by atoms with Crippen molar-refractivity contribution in [3.8, 4) is 17.3 Å². The number of benzene rings is 1. The lowest BCUT2D eigenvalue weighted by Crippen LogP contribution is -2.21. The van der Waals surface area contributed by atoms with Gasteiger partial charge >= 0.3 is 0 Å². The van der Waals surface area contributed by atoms with Crippen LogP contribution in [-0.4, -0.2) is 35.9 Å². The van der Waals surface area contributed by atoms with Crippen molar-refractivity contribution in [2.45, 2.75) is 38.0 Å².